The number of aldehydes is 1. The fraction of sp³-hybridized carbons (Fsp3) is 0.100. The number of anilines is 4. The summed E-state index contributed by atoms with van der Waals surface area (Å²) in [6.45, 7) is 3.73. The molecule has 0 saturated carbocycles. The van der Waals surface area contributed by atoms with Gasteiger partial charge < -0.3 is 34.2 Å². The Labute approximate surface area is 342 Å². The van der Waals surface area contributed by atoms with Crippen molar-refractivity contribution in [3.05, 3.63) is 131 Å². The van der Waals surface area contributed by atoms with Crippen molar-refractivity contribution < 1.29 is 9.21 Å². The highest BCUT2D eigenvalue weighted by Gasteiger charge is 2.20. The number of pyridine rings is 2. The first kappa shape index (κ1) is 37.8. The van der Waals surface area contributed by atoms with Crippen LogP contribution in [-0.2, 0) is 14.1 Å². The number of carbonyl (C=O) groups is 1. The van der Waals surface area contributed by atoms with Gasteiger partial charge in [-0.1, -0.05) is 70.7 Å². The number of halogens is 4. The van der Waals surface area contributed by atoms with Gasteiger partial charge in [-0.25, -0.2) is 15.0 Å². The molecule has 0 fully saturated rings. The molecule has 4 aromatic carbocycles. The summed E-state index contributed by atoms with van der Waals surface area (Å²) < 4.78 is 8.96. The molecule has 0 aliphatic carbocycles. The highest BCUT2D eigenvalue weighted by Crippen LogP contribution is 2.37. The van der Waals surface area contributed by atoms with E-state index >= 15 is 0 Å². The molecule has 0 unspecified atom stereocenters. The zero-order valence-electron chi connectivity index (χ0n) is 30.4. The van der Waals surface area contributed by atoms with E-state index in [-0.39, 0.29) is 16.8 Å². The average molecular weight is 842 g/mol. The number of imidazole rings is 2. The number of hydrogen-bond acceptors (Lipinski definition) is 9. The quantitative estimate of drug-likeness (QED) is 0.119. The largest absolute Gasteiger partial charge is 0.442 e. The van der Waals surface area contributed by atoms with E-state index in [0.717, 1.165) is 10.9 Å². The number of aromatic nitrogens is 7. The third-order valence-corrected chi connectivity index (χ3v) is 11.1. The van der Waals surface area contributed by atoms with Crippen LogP contribution in [0.2, 0.25) is 20.1 Å². The summed E-state index contributed by atoms with van der Waals surface area (Å²) in [6.07, 6.45) is 3.55. The number of carbonyl (C=O) groups excluding carboxylic acids is 1. The molecule has 0 aliphatic rings. The Morgan fingerprint density at radius 1 is 0.684 bits per heavy atom. The number of oxazole rings is 1. The van der Waals surface area contributed by atoms with Crippen LogP contribution in [0.15, 0.2) is 87.3 Å². The molecule has 13 nitrogen and oxygen atoms in total. The molecule has 0 spiro atoms. The van der Waals surface area contributed by atoms with E-state index < -0.39 is 0 Å². The number of nitrogens with zero attached hydrogens (tertiary/aromatic N) is 5. The molecule has 17 heteroatoms. The minimum Gasteiger partial charge on any atom is -0.442 e. The Balaban J connectivity index is 0.000000161. The number of para-hydroxylation sites is 2. The van der Waals surface area contributed by atoms with Crippen LogP contribution in [0.1, 0.15) is 21.6 Å². The molecule has 9 rings (SSSR count). The van der Waals surface area contributed by atoms with E-state index in [4.69, 9.17) is 50.8 Å². The van der Waals surface area contributed by atoms with Gasteiger partial charge >= 0.3 is 0 Å². The van der Waals surface area contributed by atoms with Crippen molar-refractivity contribution in [1.82, 2.24) is 34.1 Å². The number of aryl methyl sites for hydroxylation is 4. The van der Waals surface area contributed by atoms with Crippen molar-refractivity contribution in [3.8, 4) is 11.5 Å². The second-order valence-corrected chi connectivity index (χ2v) is 14.7. The van der Waals surface area contributed by atoms with Gasteiger partial charge in [0.15, 0.2) is 18.4 Å². The summed E-state index contributed by atoms with van der Waals surface area (Å²) >= 11 is 25.0. The van der Waals surface area contributed by atoms with Gasteiger partial charge in [0.2, 0.25) is 11.9 Å². The predicted molar refractivity (Wildman–Crippen MR) is 228 cm³/mol. The lowest BCUT2D eigenvalue weighted by Gasteiger charge is -2.11. The summed E-state index contributed by atoms with van der Waals surface area (Å²) in [5, 5.41) is 10.7. The molecule has 5 aromatic heterocycles. The molecular formula is C40H29Cl4N9O4. The Bertz CT molecular complexity index is 3160. The number of hydrogen-bond donors (Lipinski definition) is 4. The number of H-pyrrole nitrogens is 2. The number of fused-ring (bicyclic) bond motifs is 6. The van der Waals surface area contributed by atoms with Crippen LogP contribution >= 0.6 is 46.4 Å². The highest BCUT2D eigenvalue weighted by molar-refractivity contribution is 6.40. The van der Waals surface area contributed by atoms with Gasteiger partial charge in [-0.05, 0) is 72.1 Å². The van der Waals surface area contributed by atoms with Crippen molar-refractivity contribution in [2.75, 3.05) is 10.6 Å². The number of aromatic amines is 2. The van der Waals surface area contributed by atoms with Crippen molar-refractivity contribution >= 4 is 120 Å². The Hall–Kier alpha value is -6.12. The zero-order valence-corrected chi connectivity index (χ0v) is 33.4. The first-order valence-electron chi connectivity index (χ1n) is 17.2. The lowest BCUT2D eigenvalue weighted by Crippen LogP contribution is -2.12. The second-order valence-electron chi connectivity index (χ2n) is 13.1. The van der Waals surface area contributed by atoms with Crippen LogP contribution in [0.4, 0.5) is 23.3 Å². The molecule has 0 atom stereocenters. The topological polar surface area (TPSA) is 169 Å². The Morgan fingerprint density at radius 3 is 1.61 bits per heavy atom. The maximum atomic E-state index is 13.1. The van der Waals surface area contributed by atoms with E-state index in [1.165, 1.54) is 6.39 Å². The van der Waals surface area contributed by atoms with Crippen LogP contribution in [0.5, 0.6) is 0 Å². The summed E-state index contributed by atoms with van der Waals surface area (Å²) in [5.41, 5.74) is 5.66. The maximum Gasteiger partial charge on any atom is 0.258 e. The Morgan fingerprint density at radius 2 is 1.16 bits per heavy atom. The second kappa shape index (κ2) is 14.8. The molecule has 286 valence electrons. The van der Waals surface area contributed by atoms with Gasteiger partial charge in [-0.15, -0.1) is 0 Å². The number of rotatable bonds is 6. The van der Waals surface area contributed by atoms with E-state index in [1.54, 1.807) is 67.2 Å². The standard InChI is InChI=1S/C21H15Cl2N5O2.C19H14Cl2N4O2/c1-10-11-6-7-14-19(16(11)20(29)26-17(10)15-8-24-9-30-15)28(2)21(25-14)27-18-12(22)4-3-5-13(18)23;1-9-10-6-7-13-17(15(10)18(27)22-14(9)8-26)25(2)19(23-13)24-16-11(20)4-3-5-12(16)21/h3-9H,1-2H3,(H,25,27)(H,26,29);3-8H,1-2H3,(H,22,27)(H,23,24). The number of nitrogens with one attached hydrogen (secondary N) is 4. The van der Waals surface area contributed by atoms with Gasteiger partial charge in [0.25, 0.3) is 11.1 Å². The summed E-state index contributed by atoms with van der Waals surface area (Å²) in [7, 11) is 3.63. The third kappa shape index (κ3) is 6.48. The monoisotopic (exact) mass is 839 g/mol. The van der Waals surface area contributed by atoms with Crippen LogP contribution in [0.25, 0.3) is 55.1 Å². The first-order valence-corrected chi connectivity index (χ1v) is 18.7. The molecule has 5 heterocycles. The molecule has 57 heavy (non-hydrogen) atoms. The van der Waals surface area contributed by atoms with E-state index in [2.05, 4.69) is 35.6 Å². The van der Waals surface area contributed by atoms with Gasteiger partial charge in [0.05, 0.1) is 81.9 Å². The number of benzene rings is 4. The summed E-state index contributed by atoms with van der Waals surface area (Å²) in [6, 6.07) is 17.9. The third-order valence-electron chi connectivity index (χ3n) is 9.80. The zero-order chi connectivity index (χ0) is 40.3. The minimum atomic E-state index is -0.339. The van der Waals surface area contributed by atoms with Gasteiger partial charge in [0, 0.05) is 14.1 Å². The molecular weight excluding hydrogens is 812 g/mol. The first-order chi connectivity index (χ1) is 27.4. The Kier molecular flexibility index (Phi) is 9.78. The van der Waals surface area contributed by atoms with Crippen LogP contribution < -0.4 is 21.8 Å². The lowest BCUT2D eigenvalue weighted by atomic mass is 10.0. The molecule has 0 bridgehead atoms. The summed E-state index contributed by atoms with van der Waals surface area (Å²) in [5.74, 6) is 1.51. The normalized spacial score (nSPS) is 11.4. The van der Waals surface area contributed by atoms with Crippen LogP contribution in [0, 0.1) is 13.8 Å². The fourth-order valence-electron chi connectivity index (χ4n) is 6.91. The van der Waals surface area contributed by atoms with Gasteiger partial charge in [-0.3, -0.25) is 14.4 Å². The van der Waals surface area contributed by atoms with Crippen molar-refractivity contribution in [2.24, 2.45) is 14.1 Å². The molecule has 0 aliphatic heterocycles. The smallest absolute Gasteiger partial charge is 0.258 e. The molecule has 0 saturated heterocycles. The molecule has 4 N–H and O–H groups in total. The fourth-order valence-corrected chi connectivity index (χ4v) is 7.89. The van der Waals surface area contributed by atoms with E-state index in [0.29, 0.717) is 105 Å². The maximum absolute atomic E-state index is 13.1. The van der Waals surface area contributed by atoms with Crippen molar-refractivity contribution in [3.63, 3.8) is 0 Å². The minimum absolute atomic E-state index is 0.238. The van der Waals surface area contributed by atoms with Crippen LogP contribution in [0.3, 0.4) is 0 Å². The SMILES string of the molecule is Cc1c(-c2cnco2)[nH]c(=O)c2c1ccc1nc(Nc3c(Cl)cccc3Cl)n(C)c12.Cc1c(C=O)[nH]c(=O)c2c1ccc1nc(Nc3c(Cl)cccc3Cl)n(C)c12. The highest BCUT2D eigenvalue weighted by atomic mass is 35.5. The van der Waals surface area contributed by atoms with E-state index in [9.17, 15) is 14.4 Å². The van der Waals surface area contributed by atoms with Crippen molar-refractivity contribution in [1.29, 1.82) is 0 Å². The molecule has 9 aromatic rings. The van der Waals surface area contributed by atoms with Crippen molar-refractivity contribution in [2.45, 2.75) is 13.8 Å². The van der Waals surface area contributed by atoms with E-state index in [1.807, 2.05) is 36.7 Å². The lowest BCUT2D eigenvalue weighted by molar-refractivity contribution is 0.111. The predicted octanol–water partition coefficient (Wildman–Crippen LogP) is 10.0. The van der Waals surface area contributed by atoms with Crippen LogP contribution in [-0.4, -0.2) is 40.3 Å². The molecule has 0 amide bonds. The van der Waals surface area contributed by atoms with Gasteiger partial charge in [0.1, 0.15) is 0 Å². The van der Waals surface area contributed by atoms with Gasteiger partial charge in [-0.2, -0.15) is 0 Å². The summed E-state index contributed by atoms with van der Waals surface area (Å²) in [4.78, 5) is 55.6. The molecule has 0 radical (unpaired) electrons. The average Bonchev–Trinajstić information content (AvgIpc) is 3.92.